The van der Waals surface area contributed by atoms with Crippen LogP contribution in [0.4, 0.5) is 5.69 Å². The molecule has 1 aliphatic heterocycles. The summed E-state index contributed by atoms with van der Waals surface area (Å²) in [5.41, 5.74) is 1.90. The van der Waals surface area contributed by atoms with Gasteiger partial charge in [0.15, 0.2) is 21.6 Å². The minimum absolute atomic E-state index is 0.0303. The van der Waals surface area contributed by atoms with Crippen LogP contribution < -0.4 is 9.64 Å². The second-order valence-electron chi connectivity index (χ2n) is 5.55. The van der Waals surface area contributed by atoms with Gasteiger partial charge in [-0.2, -0.15) is 0 Å². The predicted molar refractivity (Wildman–Crippen MR) is 107 cm³/mol. The third-order valence-electron chi connectivity index (χ3n) is 3.83. The Bertz CT molecular complexity index is 935. The van der Waals surface area contributed by atoms with Crippen LogP contribution in [0.15, 0.2) is 47.4 Å². The maximum atomic E-state index is 12.8. The lowest BCUT2D eigenvalue weighted by atomic mass is 10.1. The summed E-state index contributed by atoms with van der Waals surface area (Å²) in [5, 5.41) is 9.67. The Balaban J connectivity index is 1.90. The number of hydrogen-bond acceptors (Lipinski definition) is 6. The van der Waals surface area contributed by atoms with Crippen molar-refractivity contribution in [3.05, 3.63) is 58.5 Å². The average molecular weight is 385 g/mol. The second kappa shape index (κ2) is 7.31. The number of ether oxygens (including phenoxy) is 1. The quantitative estimate of drug-likeness (QED) is 0.487. The van der Waals surface area contributed by atoms with E-state index in [-0.39, 0.29) is 17.4 Å². The van der Waals surface area contributed by atoms with Gasteiger partial charge in [-0.3, -0.25) is 14.5 Å². The number of aromatic hydroxyl groups is 1. The lowest BCUT2D eigenvalue weighted by molar-refractivity contribution is -0.113. The summed E-state index contributed by atoms with van der Waals surface area (Å²) >= 11 is 6.54. The van der Waals surface area contributed by atoms with Crippen molar-refractivity contribution in [3.63, 3.8) is 0 Å². The fourth-order valence-electron chi connectivity index (χ4n) is 2.47. The highest BCUT2D eigenvalue weighted by atomic mass is 32.2. The van der Waals surface area contributed by atoms with E-state index >= 15 is 0 Å². The van der Waals surface area contributed by atoms with Crippen molar-refractivity contribution < 1.29 is 19.4 Å². The Morgan fingerprint density at radius 3 is 2.54 bits per heavy atom. The molecule has 26 heavy (non-hydrogen) atoms. The van der Waals surface area contributed by atoms with E-state index in [0.717, 1.165) is 0 Å². The van der Waals surface area contributed by atoms with Gasteiger partial charge in [0.25, 0.3) is 5.91 Å². The van der Waals surface area contributed by atoms with Crippen molar-refractivity contribution in [1.82, 2.24) is 0 Å². The molecule has 0 aliphatic carbocycles. The molecule has 1 heterocycles. The second-order valence-corrected chi connectivity index (χ2v) is 7.23. The van der Waals surface area contributed by atoms with Crippen molar-refractivity contribution in [1.29, 1.82) is 0 Å². The average Bonchev–Trinajstić information content (AvgIpc) is 2.90. The molecule has 1 fully saturated rings. The number of thiocarbonyl (C=S) groups is 1. The summed E-state index contributed by atoms with van der Waals surface area (Å²) in [6.45, 7) is 1.49. The SMILES string of the molecule is COc1cc(C=C2SC(=S)N(c3ccc(C(C)=O)cc3)C2=O)ccc1O. The van der Waals surface area contributed by atoms with Crippen LogP contribution in [0.3, 0.4) is 0 Å². The molecule has 2 aromatic carbocycles. The largest absolute Gasteiger partial charge is 0.504 e. The van der Waals surface area contributed by atoms with Gasteiger partial charge < -0.3 is 9.84 Å². The Morgan fingerprint density at radius 2 is 1.92 bits per heavy atom. The van der Waals surface area contributed by atoms with Gasteiger partial charge in [0, 0.05) is 5.56 Å². The van der Waals surface area contributed by atoms with Crippen LogP contribution in [0.5, 0.6) is 11.5 Å². The number of benzene rings is 2. The molecule has 0 unspecified atom stereocenters. The zero-order valence-electron chi connectivity index (χ0n) is 14.1. The van der Waals surface area contributed by atoms with Crippen molar-refractivity contribution in [3.8, 4) is 11.5 Å². The van der Waals surface area contributed by atoms with E-state index in [1.54, 1.807) is 42.5 Å². The number of methoxy groups -OCH3 is 1. The van der Waals surface area contributed by atoms with E-state index in [0.29, 0.717) is 31.8 Å². The molecule has 1 saturated heterocycles. The minimum atomic E-state index is -0.234. The van der Waals surface area contributed by atoms with Crippen LogP contribution in [0, 0.1) is 0 Å². The van der Waals surface area contributed by atoms with Crippen LogP contribution in [-0.4, -0.2) is 28.2 Å². The maximum absolute atomic E-state index is 12.8. The van der Waals surface area contributed by atoms with Crippen LogP contribution in [-0.2, 0) is 4.79 Å². The monoisotopic (exact) mass is 385 g/mol. The molecule has 0 atom stereocenters. The molecular formula is C19H15NO4S2. The van der Waals surface area contributed by atoms with Gasteiger partial charge in [0.2, 0.25) is 0 Å². The zero-order valence-corrected chi connectivity index (χ0v) is 15.7. The van der Waals surface area contributed by atoms with Gasteiger partial charge >= 0.3 is 0 Å². The molecule has 132 valence electrons. The number of ketones is 1. The number of phenols is 1. The summed E-state index contributed by atoms with van der Waals surface area (Å²) in [6, 6.07) is 11.6. The number of rotatable bonds is 4. The molecule has 0 spiro atoms. The van der Waals surface area contributed by atoms with E-state index < -0.39 is 0 Å². The van der Waals surface area contributed by atoms with Crippen LogP contribution in [0.1, 0.15) is 22.8 Å². The molecule has 0 aromatic heterocycles. The smallest absolute Gasteiger partial charge is 0.270 e. The number of carbonyl (C=O) groups excluding carboxylic acids is 2. The molecule has 0 saturated carbocycles. The highest BCUT2D eigenvalue weighted by Crippen LogP contribution is 2.37. The Hall–Kier alpha value is -2.64. The van der Waals surface area contributed by atoms with E-state index in [4.69, 9.17) is 17.0 Å². The number of anilines is 1. The molecule has 1 aliphatic rings. The molecule has 1 N–H and O–H groups in total. The number of Topliss-reactive ketones (excluding diaryl/α,β-unsaturated/α-hetero) is 1. The molecule has 5 nitrogen and oxygen atoms in total. The molecule has 1 amide bonds. The molecule has 7 heteroatoms. The highest BCUT2D eigenvalue weighted by molar-refractivity contribution is 8.27. The molecule has 0 bridgehead atoms. The number of amides is 1. The number of thioether (sulfide) groups is 1. The first-order valence-corrected chi connectivity index (χ1v) is 8.89. The fourth-order valence-corrected chi connectivity index (χ4v) is 3.77. The Labute approximate surface area is 160 Å². The van der Waals surface area contributed by atoms with Gasteiger partial charge in [0.05, 0.1) is 17.7 Å². The first kappa shape index (κ1) is 18.2. The van der Waals surface area contributed by atoms with Gasteiger partial charge in [-0.1, -0.05) is 30.0 Å². The highest BCUT2D eigenvalue weighted by Gasteiger charge is 2.33. The summed E-state index contributed by atoms with van der Waals surface area (Å²) < 4.78 is 5.50. The standard InChI is InChI=1S/C19H15NO4S2/c1-11(21)13-4-6-14(7-5-13)20-18(23)17(26-19(20)25)10-12-3-8-15(22)16(9-12)24-2/h3-10,22H,1-2H3. The lowest BCUT2D eigenvalue weighted by Crippen LogP contribution is -2.27. The fraction of sp³-hybridized carbons (Fsp3) is 0.105. The normalized spacial score (nSPS) is 15.6. The third kappa shape index (κ3) is 3.49. The Kier molecular flexibility index (Phi) is 5.11. The van der Waals surface area contributed by atoms with Crippen molar-refractivity contribution >= 4 is 51.8 Å². The minimum Gasteiger partial charge on any atom is -0.504 e. The predicted octanol–water partition coefficient (Wildman–Crippen LogP) is 4.01. The summed E-state index contributed by atoms with van der Waals surface area (Å²) in [6.07, 6.45) is 1.70. The van der Waals surface area contributed by atoms with Crippen LogP contribution in [0.25, 0.3) is 6.08 Å². The molecular weight excluding hydrogens is 370 g/mol. The van der Waals surface area contributed by atoms with Crippen molar-refractivity contribution in [2.24, 2.45) is 0 Å². The first-order chi connectivity index (χ1) is 12.4. The van der Waals surface area contributed by atoms with E-state index in [1.165, 1.54) is 36.8 Å². The zero-order chi connectivity index (χ0) is 18.8. The van der Waals surface area contributed by atoms with Crippen molar-refractivity contribution in [2.45, 2.75) is 6.92 Å². The summed E-state index contributed by atoms with van der Waals surface area (Å²) in [4.78, 5) is 26.1. The molecule has 3 rings (SSSR count). The van der Waals surface area contributed by atoms with E-state index in [1.807, 2.05) is 0 Å². The van der Waals surface area contributed by atoms with E-state index in [2.05, 4.69) is 0 Å². The van der Waals surface area contributed by atoms with Crippen LogP contribution in [0.2, 0.25) is 0 Å². The van der Waals surface area contributed by atoms with Gasteiger partial charge in [0.1, 0.15) is 0 Å². The van der Waals surface area contributed by atoms with Crippen molar-refractivity contribution in [2.75, 3.05) is 12.0 Å². The molecule has 0 radical (unpaired) electrons. The van der Waals surface area contributed by atoms with Gasteiger partial charge in [-0.05, 0) is 55.0 Å². The maximum Gasteiger partial charge on any atom is 0.270 e. The van der Waals surface area contributed by atoms with E-state index in [9.17, 15) is 14.7 Å². The van der Waals surface area contributed by atoms with Gasteiger partial charge in [-0.15, -0.1) is 0 Å². The lowest BCUT2D eigenvalue weighted by Gasteiger charge is -2.14. The topological polar surface area (TPSA) is 66.8 Å². The number of nitrogens with zero attached hydrogens (tertiary/aromatic N) is 1. The number of carbonyl (C=O) groups is 2. The first-order valence-electron chi connectivity index (χ1n) is 7.66. The third-order valence-corrected chi connectivity index (χ3v) is 5.13. The van der Waals surface area contributed by atoms with Gasteiger partial charge in [-0.25, -0.2) is 0 Å². The number of hydrogen-bond donors (Lipinski definition) is 1. The summed E-state index contributed by atoms with van der Waals surface area (Å²) in [7, 11) is 1.46. The summed E-state index contributed by atoms with van der Waals surface area (Å²) in [5.74, 6) is 0.0857. The molecule has 2 aromatic rings. The Morgan fingerprint density at radius 1 is 1.23 bits per heavy atom. The van der Waals surface area contributed by atoms with Crippen LogP contribution >= 0.6 is 24.0 Å². The number of phenolic OH excluding ortho intramolecular Hbond substituents is 1.